The monoisotopic (exact) mass is 367 g/mol. The lowest BCUT2D eigenvalue weighted by atomic mass is 10.1. The minimum Gasteiger partial charge on any atom is -0.351 e. The van der Waals surface area contributed by atoms with Crippen molar-refractivity contribution >= 4 is 17.3 Å². The first kappa shape index (κ1) is 18.5. The average molecular weight is 367 g/mol. The van der Waals surface area contributed by atoms with Gasteiger partial charge in [-0.05, 0) is 42.7 Å². The van der Waals surface area contributed by atoms with Crippen LogP contribution in [-0.4, -0.2) is 17.4 Å². The van der Waals surface area contributed by atoms with Crippen molar-refractivity contribution in [2.75, 3.05) is 11.9 Å². The molecule has 6 heteroatoms. The second-order valence-corrected chi connectivity index (χ2v) is 6.00. The number of rotatable bonds is 7. The van der Waals surface area contributed by atoms with E-state index in [-0.39, 0.29) is 17.3 Å². The van der Waals surface area contributed by atoms with E-state index in [9.17, 15) is 13.6 Å². The van der Waals surface area contributed by atoms with Crippen LogP contribution in [0.1, 0.15) is 22.5 Å². The van der Waals surface area contributed by atoms with Crippen LogP contribution in [-0.2, 0) is 6.42 Å². The van der Waals surface area contributed by atoms with Crippen LogP contribution in [0.3, 0.4) is 0 Å². The van der Waals surface area contributed by atoms with Crippen LogP contribution in [0, 0.1) is 11.6 Å². The van der Waals surface area contributed by atoms with Crippen LogP contribution in [0.2, 0.25) is 0 Å². The number of amides is 1. The Morgan fingerprint density at radius 1 is 0.963 bits per heavy atom. The Morgan fingerprint density at radius 3 is 2.44 bits per heavy atom. The Bertz CT molecular complexity index is 896. The van der Waals surface area contributed by atoms with E-state index in [2.05, 4.69) is 15.6 Å². The highest BCUT2D eigenvalue weighted by molar-refractivity contribution is 5.93. The third-order valence-electron chi connectivity index (χ3n) is 4.00. The summed E-state index contributed by atoms with van der Waals surface area (Å²) in [6.07, 6.45) is 3.08. The van der Waals surface area contributed by atoms with Gasteiger partial charge in [0.05, 0.1) is 0 Å². The zero-order valence-electron chi connectivity index (χ0n) is 14.6. The normalized spacial score (nSPS) is 10.4. The number of hydrogen-bond acceptors (Lipinski definition) is 3. The summed E-state index contributed by atoms with van der Waals surface area (Å²) < 4.78 is 27.5. The molecule has 1 heterocycles. The zero-order valence-corrected chi connectivity index (χ0v) is 14.6. The quantitative estimate of drug-likeness (QED) is 0.606. The standard InChI is InChI=1S/C21H19F2N3O/c22-17-9-4-10-18(23)20(17)26-16-11-13-24-19(14-16)21(27)25-12-5-8-15-6-2-1-3-7-15/h1-4,6-7,9-11,13-14H,5,8,12H2,(H,24,26)(H,25,27). The lowest BCUT2D eigenvalue weighted by molar-refractivity contribution is 0.0948. The molecule has 138 valence electrons. The lowest BCUT2D eigenvalue weighted by Crippen LogP contribution is -2.25. The van der Waals surface area contributed by atoms with Gasteiger partial charge in [0.1, 0.15) is 23.0 Å². The van der Waals surface area contributed by atoms with E-state index in [4.69, 9.17) is 0 Å². The molecular formula is C21H19F2N3O. The average Bonchev–Trinajstić information content (AvgIpc) is 2.69. The third-order valence-corrected chi connectivity index (χ3v) is 4.00. The van der Waals surface area contributed by atoms with Crippen LogP contribution in [0.25, 0.3) is 0 Å². The fourth-order valence-corrected chi connectivity index (χ4v) is 2.62. The van der Waals surface area contributed by atoms with E-state index < -0.39 is 11.6 Å². The summed E-state index contributed by atoms with van der Waals surface area (Å²) in [4.78, 5) is 16.3. The van der Waals surface area contributed by atoms with Crippen LogP contribution in [0.4, 0.5) is 20.2 Å². The van der Waals surface area contributed by atoms with Crippen LogP contribution in [0.15, 0.2) is 66.9 Å². The SMILES string of the molecule is O=C(NCCCc1ccccc1)c1cc(Nc2c(F)cccc2F)ccn1. The third kappa shape index (κ3) is 5.10. The predicted molar refractivity (Wildman–Crippen MR) is 101 cm³/mol. The maximum atomic E-state index is 13.7. The largest absolute Gasteiger partial charge is 0.351 e. The molecule has 0 saturated heterocycles. The van der Waals surface area contributed by atoms with Gasteiger partial charge in [-0.2, -0.15) is 0 Å². The first-order valence-electron chi connectivity index (χ1n) is 8.63. The summed E-state index contributed by atoms with van der Waals surface area (Å²) >= 11 is 0. The summed E-state index contributed by atoms with van der Waals surface area (Å²) in [5, 5.41) is 5.46. The van der Waals surface area contributed by atoms with E-state index >= 15 is 0 Å². The summed E-state index contributed by atoms with van der Waals surface area (Å²) in [6.45, 7) is 0.509. The minimum absolute atomic E-state index is 0.177. The summed E-state index contributed by atoms with van der Waals surface area (Å²) in [5.41, 5.74) is 1.50. The molecule has 2 aromatic carbocycles. The molecule has 0 spiro atoms. The van der Waals surface area contributed by atoms with Gasteiger partial charge in [-0.1, -0.05) is 36.4 Å². The number of anilines is 2. The molecule has 0 saturated carbocycles. The van der Waals surface area contributed by atoms with Gasteiger partial charge in [0.2, 0.25) is 0 Å². The molecule has 1 amide bonds. The second-order valence-electron chi connectivity index (χ2n) is 6.00. The van der Waals surface area contributed by atoms with Gasteiger partial charge in [0.25, 0.3) is 5.91 Å². The molecule has 2 N–H and O–H groups in total. The van der Waals surface area contributed by atoms with E-state index in [1.54, 1.807) is 0 Å². The number of nitrogens with zero attached hydrogens (tertiary/aromatic N) is 1. The van der Waals surface area contributed by atoms with Crippen molar-refractivity contribution in [3.63, 3.8) is 0 Å². The smallest absolute Gasteiger partial charge is 0.269 e. The van der Waals surface area contributed by atoms with Crippen LogP contribution >= 0.6 is 0 Å². The maximum absolute atomic E-state index is 13.7. The molecule has 0 unspecified atom stereocenters. The van der Waals surface area contributed by atoms with E-state index in [1.165, 1.54) is 30.0 Å². The van der Waals surface area contributed by atoms with Crippen molar-refractivity contribution in [3.8, 4) is 0 Å². The number of pyridine rings is 1. The number of carbonyl (C=O) groups excluding carboxylic acids is 1. The molecule has 1 aromatic heterocycles. The first-order valence-corrected chi connectivity index (χ1v) is 8.63. The summed E-state index contributed by atoms with van der Waals surface area (Å²) in [7, 11) is 0. The van der Waals surface area contributed by atoms with Gasteiger partial charge in [0, 0.05) is 18.4 Å². The highest BCUT2D eigenvalue weighted by Crippen LogP contribution is 2.23. The van der Waals surface area contributed by atoms with Gasteiger partial charge in [0.15, 0.2) is 0 Å². The van der Waals surface area contributed by atoms with Crippen molar-refractivity contribution in [1.29, 1.82) is 0 Å². The fourth-order valence-electron chi connectivity index (χ4n) is 2.62. The summed E-state index contributed by atoms with van der Waals surface area (Å²) in [6, 6.07) is 16.6. The van der Waals surface area contributed by atoms with Crippen molar-refractivity contribution in [3.05, 3.63) is 89.8 Å². The highest BCUT2D eigenvalue weighted by Gasteiger charge is 2.11. The number of aryl methyl sites for hydroxylation is 1. The number of carbonyl (C=O) groups is 1. The van der Waals surface area contributed by atoms with E-state index in [0.717, 1.165) is 25.0 Å². The van der Waals surface area contributed by atoms with Crippen molar-refractivity contribution in [2.45, 2.75) is 12.8 Å². The van der Waals surface area contributed by atoms with Gasteiger partial charge < -0.3 is 10.6 Å². The van der Waals surface area contributed by atoms with Crippen molar-refractivity contribution < 1.29 is 13.6 Å². The lowest BCUT2D eigenvalue weighted by Gasteiger charge is -2.10. The Labute approximate surface area is 156 Å². The maximum Gasteiger partial charge on any atom is 0.269 e. The molecule has 3 rings (SSSR count). The molecule has 4 nitrogen and oxygen atoms in total. The van der Waals surface area contributed by atoms with Gasteiger partial charge >= 0.3 is 0 Å². The number of hydrogen-bond donors (Lipinski definition) is 2. The molecule has 0 atom stereocenters. The molecule has 0 fully saturated rings. The van der Waals surface area contributed by atoms with Gasteiger partial charge in [-0.3, -0.25) is 9.78 Å². The molecule has 0 aliphatic heterocycles. The predicted octanol–water partition coefficient (Wildman–Crippen LogP) is 4.47. The molecule has 0 radical (unpaired) electrons. The van der Waals surface area contributed by atoms with E-state index in [0.29, 0.717) is 12.2 Å². The number of benzene rings is 2. The second kappa shape index (κ2) is 8.89. The Kier molecular flexibility index (Phi) is 6.10. The first-order chi connectivity index (χ1) is 13.1. The van der Waals surface area contributed by atoms with Gasteiger partial charge in [-0.25, -0.2) is 8.78 Å². The number of halogens is 2. The zero-order chi connectivity index (χ0) is 19.1. The van der Waals surface area contributed by atoms with Gasteiger partial charge in [-0.15, -0.1) is 0 Å². The molecule has 27 heavy (non-hydrogen) atoms. The topological polar surface area (TPSA) is 54.0 Å². The van der Waals surface area contributed by atoms with E-state index in [1.807, 2.05) is 30.3 Å². The van der Waals surface area contributed by atoms with Crippen molar-refractivity contribution in [2.24, 2.45) is 0 Å². The molecule has 0 bridgehead atoms. The van der Waals surface area contributed by atoms with Crippen LogP contribution in [0.5, 0.6) is 0 Å². The van der Waals surface area contributed by atoms with Crippen molar-refractivity contribution in [1.82, 2.24) is 10.3 Å². The minimum atomic E-state index is -0.710. The Morgan fingerprint density at radius 2 is 1.70 bits per heavy atom. The molecule has 0 aliphatic carbocycles. The highest BCUT2D eigenvalue weighted by atomic mass is 19.1. The number of aromatic nitrogens is 1. The summed E-state index contributed by atoms with van der Waals surface area (Å²) in [5.74, 6) is -1.75. The number of nitrogens with one attached hydrogen (secondary N) is 2. The fraction of sp³-hybridized carbons (Fsp3) is 0.143. The molecule has 0 aliphatic rings. The van der Waals surface area contributed by atoms with Crippen LogP contribution < -0.4 is 10.6 Å². The number of para-hydroxylation sites is 1. The Balaban J connectivity index is 1.57. The Hall–Kier alpha value is -3.28. The molecular weight excluding hydrogens is 348 g/mol. The molecule has 3 aromatic rings.